The van der Waals surface area contributed by atoms with E-state index in [9.17, 15) is 4.79 Å². The second-order valence-electron chi connectivity index (χ2n) is 7.51. The molecule has 0 saturated carbocycles. The minimum atomic E-state index is -0.180. The second kappa shape index (κ2) is 8.79. The smallest absolute Gasteiger partial charge is 0.265 e. The number of aryl methyl sites for hydroxylation is 1. The summed E-state index contributed by atoms with van der Waals surface area (Å²) in [7, 11) is 3.25. The molecule has 9 nitrogen and oxygen atoms in total. The van der Waals surface area contributed by atoms with Gasteiger partial charge in [-0.3, -0.25) is 9.36 Å². The van der Waals surface area contributed by atoms with Gasteiger partial charge in [0.05, 0.1) is 30.7 Å². The van der Waals surface area contributed by atoms with E-state index in [2.05, 4.69) is 10.1 Å². The number of hydrogen-bond donors (Lipinski definition) is 0. The molecular weight excluding hydrogens is 420 g/mol. The molecule has 0 atom stereocenters. The van der Waals surface area contributed by atoms with Crippen molar-refractivity contribution in [2.24, 2.45) is 5.10 Å². The molecule has 9 heteroatoms. The molecule has 3 aromatic heterocycles. The van der Waals surface area contributed by atoms with Crippen LogP contribution in [0.4, 0.5) is 0 Å². The molecule has 3 heterocycles. The molecule has 33 heavy (non-hydrogen) atoms. The Labute approximate surface area is 188 Å². The molecule has 0 aliphatic heterocycles. The van der Waals surface area contributed by atoms with Gasteiger partial charge in [-0.1, -0.05) is 24.3 Å². The van der Waals surface area contributed by atoms with Gasteiger partial charge in [-0.25, -0.2) is 15.0 Å². The first-order chi connectivity index (χ1) is 16.2. The first-order valence-corrected chi connectivity index (χ1v) is 10.5. The highest BCUT2D eigenvalue weighted by Crippen LogP contribution is 2.25. The number of rotatable bonds is 7. The molecule has 0 radical (unpaired) electrons. The molecule has 166 valence electrons. The maximum absolute atomic E-state index is 13.4. The van der Waals surface area contributed by atoms with Crippen LogP contribution in [0.25, 0.3) is 33.2 Å². The van der Waals surface area contributed by atoms with Gasteiger partial charge in [-0.2, -0.15) is 9.78 Å². The first-order valence-electron chi connectivity index (χ1n) is 10.5. The van der Waals surface area contributed by atoms with Crippen LogP contribution in [0.1, 0.15) is 12.0 Å². The number of para-hydroxylation sites is 2. The van der Waals surface area contributed by atoms with Crippen molar-refractivity contribution in [2.75, 3.05) is 20.8 Å². The Balaban J connectivity index is 1.74. The minimum absolute atomic E-state index is 0.180. The van der Waals surface area contributed by atoms with Gasteiger partial charge in [0, 0.05) is 20.3 Å². The fourth-order valence-corrected chi connectivity index (χ4v) is 3.75. The van der Waals surface area contributed by atoms with Crippen LogP contribution in [-0.4, -0.2) is 51.2 Å². The van der Waals surface area contributed by atoms with E-state index in [0.717, 1.165) is 11.3 Å². The van der Waals surface area contributed by atoms with E-state index in [1.54, 1.807) is 29.7 Å². The number of ether oxygens (including phenoxy) is 2. The van der Waals surface area contributed by atoms with Crippen LogP contribution < -0.4 is 10.3 Å². The Morgan fingerprint density at radius 3 is 2.64 bits per heavy atom. The van der Waals surface area contributed by atoms with Crippen LogP contribution in [-0.2, 0) is 11.3 Å². The zero-order valence-corrected chi connectivity index (χ0v) is 18.3. The van der Waals surface area contributed by atoms with Crippen molar-refractivity contribution in [2.45, 2.75) is 13.0 Å². The molecule has 0 bridgehead atoms. The van der Waals surface area contributed by atoms with Gasteiger partial charge in [-0.15, -0.1) is 0 Å². The lowest BCUT2D eigenvalue weighted by molar-refractivity contribution is 0.190. The SMILES string of the molecule is COCCCn1cnc2c(c1=O)c1nc3ccccc3nc1n2/N=C\c1cccc(OC)c1. The summed E-state index contributed by atoms with van der Waals surface area (Å²) in [6.45, 7) is 1.05. The Morgan fingerprint density at radius 1 is 1.03 bits per heavy atom. The Kier molecular flexibility index (Phi) is 5.54. The van der Waals surface area contributed by atoms with Gasteiger partial charge >= 0.3 is 0 Å². The molecule has 0 N–H and O–H groups in total. The van der Waals surface area contributed by atoms with Crippen molar-refractivity contribution >= 4 is 39.4 Å². The number of aromatic nitrogens is 5. The van der Waals surface area contributed by atoms with E-state index >= 15 is 0 Å². The van der Waals surface area contributed by atoms with Crippen LogP contribution in [0, 0.1) is 0 Å². The molecule has 5 rings (SSSR count). The molecule has 0 fully saturated rings. The quantitative estimate of drug-likeness (QED) is 0.284. The van der Waals surface area contributed by atoms with Gasteiger partial charge in [0.15, 0.2) is 11.3 Å². The van der Waals surface area contributed by atoms with Crippen molar-refractivity contribution in [3.05, 3.63) is 70.8 Å². The summed E-state index contributed by atoms with van der Waals surface area (Å²) < 4.78 is 13.6. The Bertz CT molecular complexity index is 1550. The van der Waals surface area contributed by atoms with E-state index in [-0.39, 0.29) is 5.56 Å². The average molecular weight is 442 g/mol. The van der Waals surface area contributed by atoms with Crippen molar-refractivity contribution < 1.29 is 9.47 Å². The maximum Gasteiger partial charge on any atom is 0.265 e. The third kappa shape index (κ3) is 3.83. The highest BCUT2D eigenvalue weighted by Gasteiger charge is 2.19. The summed E-state index contributed by atoms with van der Waals surface area (Å²) in [5.41, 5.74) is 3.44. The average Bonchev–Trinajstić information content (AvgIpc) is 3.16. The van der Waals surface area contributed by atoms with Gasteiger partial charge < -0.3 is 9.47 Å². The summed E-state index contributed by atoms with van der Waals surface area (Å²) in [5, 5.41) is 5.02. The second-order valence-corrected chi connectivity index (χ2v) is 7.51. The van der Waals surface area contributed by atoms with Crippen molar-refractivity contribution in [3.63, 3.8) is 0 Å². The first kappa shape index (κ1) is 20.8. The lowest BCUT2D eigenvalue weighted by Crippen LogP contribution is -2.21. The molecule has 2 aromatic carbocycles. The number of nitrogens with zero attached hydrogens (tertiary/aromatic N) is 6. The van der Waals surface area contributed by atoms with Gasteiger partial charge in [0.1, 0.15) is 16.7 Å². The topological polar surface area (TPSA) is 96.4 Å². The van der Waals surface area contributed by atoms with Gasteiger partial charge in [-0.05, 0) is 36.2 Å². The van der Waals surface area contributed by atoms with Crippen LogP contribution in [0.15, 0.2) is 64.8 Å². The minimum Gasteiger partial charge on any atom is -0.497 e. The summed E-state index contributed by atoms with van der Waals surface area (Å²) in [5.74, 6) is 0.726. The highest BCUT2D eigenvalue weighted by molar-refractivity contribution is 6.04. The zero-order chi connectivity index (χ0) is 22.8. The maximum atomic E-state index is 13.4. The summed E-state index contributed by atoms with van der Waals surface area (Å²) >= 11 is 0. The number of fused-ring (bicyclic) bond motifs is 4. The summed E-state index contributed by atoms with van der Waals surface area (Å²) in [6, 6.07) is 15.1. The van der Waals surface area contributed by atoms with E-state index < -0.39 is 0 Å². The summed E-state index contributed by atoms with van der Waals surface area (Å²) in [4.78, 5) is 27.5. The van der Waals surface area contributed by atoms with E-state index in [4.69, 9.17) is 19.4 Å². The van der Waals surface area contributed by atoms with Gasteiger partial charge in [0.25, 0.3) is 5.56 Å². The number of benzene rings is 2. The fourth-order valence-electron chi connectivity index (χ4n) is 3.75. The number of hydrogen-bond acceptors (Lipinski definition) is 7. The molecule has 0 aliphatic carbocycles. The lowest BCUT2D eigenvalue weighted by Gasteiger charge is -2.05. The molecule has 0 saturated heterocycles. The predicted octanol–water partition coefficient (Wildman–Crippen LogP) is 3.22. The Morgan fingerprint density at radius 2 is 1.85 bits per heavy atom. The fraction of sp³-hybridized carbons (Fsp3) is 0.208. The molecule has 0 aliphatic rings. The van der Waals surface area contributed by atoms with Crippen LogP contribution in [0.5, 0.6) is 5.75 Å². The molecule has 0 amide bonds. The zero-order valence-electron chi connectivity index (χ0n) is 18.3. The van der Waals surface area contributed by atoms with Crippen LogP contribution in [0.3, 0.4) is 0 Å². The number of methoxy groups -OCH3 is 2. The normalized spacial score (nSPS) is 11.8. The third-order valence-corrected chi connectivity index (χ3v) is 5.37. The van der Waals surface area contributed by atoms with Crippen LogP contribution in [0.2, 0.25) is 0 Å². The molecule has 5 aromatic rings. The standard InChI is InChI=1S/C24H22N6O3/c1-32-12-6-11-29-15-25-22-20(24(29)31)21-23(28-19-10-4-3-9-18(19)27-21)30(22)26-14-16-7-5-8-17(13-16)33-2/h3-5,7-10,13-15H,6,11-12H2,1-2H3/b26-14-. The predicted molar refractivity (Wildman–Crippen MR) is 127 cm³/mol. The van der Waals surface area contributed by atoms with Crippen LogP contribution >= 0.6 is 0 Å². The van der Waals surface area contributed by atoms with Crippen molar-refractivity contribution in [1.29, 1.82) is 0 Å². The molecular formula is C24H22N6O3. The Hall–Kier alpha value is -4.11. The van der Waals surface area contributed by atoms with E-state index in [1.165, 1.54) is 6.33 Å². The molecule has 0 unspecified atom stereocenters. The molecule has 0 spiro atoms. The van der Waals surface area contributed by atoms with E-state index in [1.807, 2.05) is 48.5 Å². The largest absolute Gasteiger partial charge is 0.497 e. The monoisotopic (exact) mass is 442 g/mol. The highest BCUT2D eigenvalue weighted by atomic mass is 16.5. The summed E-state index contributed by atoms with van der Waals surface area (Å²) in [6.07, 6.45) is 3.92. The van der Waals surface area contributed by atoms with Gasteiger partial charge in [0.2, 0.25) is 0 Å². The third-order valence-electron chi connectivity index (χ3n) is 5.37. The van der Waals surface area contributed by atoms with Crippen molar-refractivity contribution in [3.8, 4) is 5.75 Å². The lowest BCUT2D eigenvalue weighted by atomic mass is 10.2. The van der Waals surface area contributed by atoms with E-state index in [0.29, 0.717) is 52.8 Å². The van der Waals surface area contributed by atoms with Crippen molar-refractivity contribution in [1.82, 2.24) is 24.2 Å².